The maximum Gasteiger partial charge on any atom is 0.338 e. The SMILES string of the molecule is Cc1cccc(NC(=O)COC(=O)c2ccc(N3C(=O)[C@@H]4C5c6ccccc6C(c6ccccc65)[C@H]4C3=O)cc2)c1. The minimum absolute atomic E-state index is 0.181. The predicted molar refractivity (Wildman–Crippen MR) is 153 cm³/mol. The Bertz CT molecular complexity index is 1630. The van der Waals surface area contributed by atoms with Crippen LogP contribution in [0.5, 0.6) is 0 Å². The number of benzene rings is 4. The van der Waals surface area contributed by atoms with E-state index < -0.39 is 30.3 Å². The third-order valence-electron chi connectivity index (χ3n) is 8.45. The number of amides is 3. The summed E-state index contributed by atoms with van der Waals surface area (Å²) >= 11 is 0. The molecule has 8 rings (SSSR count). The first-order valence-electron chi connectivity index (χ1n) is 13.6. The molecule has 1 fully saturated rings. The van der Waals surface area contributed by atoms with Gasteiger partial charge >= 0.3 is 5.97 Å². The van der Waals surface area contributed by atoms with E-state index in [1.165, 1.54) is 17.0 Å². The van der Waals surface area contributed by atoms with Crippen molar-refractivity contribution in [3.8, 4) is 0 Å². The van der Waals surface area contributed by atoms with E-state index in [4.69, 9.17) is 4.74 Å². The normalized spacial score (nSPS) is 21.6. The Balaban J connectivity index is 1.09. The molecule has 2 atom stereocenters. The van der Waals surface area contributed by atoms with Gasteiger partial charge in [0.1, 0.15) is 0 Å². The zero-order chi connectivity index (χ0) is 28.2. The fourth-order valence-electron chi connectivity index (χ4n) is 6.81. The Morgan fingerprint density at radius 2 is 1.27 bits per heavy atom. The van der Waals surface area contributed by atoms with Gasteiger partial charge in [0.2, 0.25) is 11.8 Å². The lowest BCUT2D eigenvalue weighted by Gasteiger charge is -2.45. The quantitative estimate of drug-likeness (QED) is 0.277. The molecule has 1 N–H and O–H groups in total. The topological polar surface area (TPSA) is 92.8 Å². The summed E-state index contributed by atoms with van der Waals surface area (Å²) in [5.41, 5.74) is 6.71. The van der Waals surface area contributed by atoms with Crippen molar-refractivity contribution >= 4 is 35.1 Å². The van der Waals surface area contributed by atoms with Crippen molar-refractivity contribution < 1.29 is 23.9 Å². The van der Waals surface area contributed by atoms with Gasteiger partial charge in [-0.2, -0.15) is 0 Å². The molecule has 0 spiro atoms. The van der Waals surface area contributed by atoms with E-state index in [2.05, 4.69) is 29.6 Å². The summed E-state index contributed by atoms with van der Waals surface area (Å²) in [6.07, 6.45) is 0. The van der Waals surface area contributed by atoms with Gasteiger partial charge in [0.25, 0.3) is 5.91 Å². The van der Waals surface area contributed by atoms with Crippen molar-refractivity contribution in [2.45, 2.75) is 18.8 Å². The molecule has 4 aliphatic rings. The lowest BCUT2D eigenvalue weighted by molar-refractivity contribution is -0.122. The van der Waals surface area contributed by atoms with E-state index in [-0.39, 0.29) is 29.2 Å². The number of ether oxygens (including phenoxy) is 1. The van der Waals surface area contributed by atoms with Crippen LogP contribution in [0.1, 0.15) is 50.0 Å². The number of aryl methyl sites for hydroxylation is 1. The van der Waals surface area contributed by atoms with Crippen LogP contribution in [0.4, 0.5) is 11.4 Å². The zero-order valence-electron chi connectivity index (χ0n) is 22.2. The Morgan fingerprint density at radius 1 is 0.732 bits per heavy atom. The summed E-state index contributed by atoms with van der Waals surface area (Å²) in [5, 5.41) is 2.70. The van der Waals surface area contributed by atoms with Crippen molar-refractivity contribution in [3.63, 3.8) is 0 Å². The van der Waals surface area contributed by atoms with Crippen LogP contribution < -0.4 is 10.2 Å². The Labute approximate surface area is 236 Å². The average molecular weight is 543 g/mol. The molecule has 3 aliphatic carbocycles. The molecule has 7 heteroatoms. The largest absolute Gasteiger partial charge is 0.452 e. The first-order chi connectivity index (χ1) is 19.9. The smallest absolute Gasteiger partial charge is 0.338 e. The fourth-order valence-corrected chi connectivity index (χ4v) is 6.81. The Morgan fingerprint density at radius 3 is 1.78 bits per heavy atom. The lowest BCUT2D eigenvalue weighted by atomic mass is 9.55. The first kappa shape index (κ1) is 25.0. The molecule has 202 valence electrons. The Kier molecular flexibility index (Phi) is 5.82. The van der Waals surface area contributed by atoms with E-state index >= 15 is 0 Å². The van der Waals surface area contributed by atoms with Crippen LogP contribution in [0.25, 0.3) is 0 Å². The van der Waals surface area contributed by atoms with Gasteiger partial charge in [-0.05, 0) is 71.1 Å². The highest BCUT2D eigenvalue weighted by Gasteiger charge is 2.61. The van der Waals surface area contributed by atoms with Crippen LogP contribution >= 0.6 is 0 Å². The number of rotatable bonds is 5. The highest BCUT2D eigenvalue weighted by Crippen LogP contribution is 2.61. The monoisotopic (exact) mass is 542 g/mol. The van der Waals surface area contributed by atoms with E-state index in [0.29, 0.717) is 11.4 Å². The van der Waals surface area contributed by atoms with E-state index in [1.54, 1.807) is 18.2 Å². The minimum atomic E-state index is -0.673. The zero-order valence-corrected chi connectivity index (χ0v) is 22.2. The predicted octanol–water partition coefficient (Wildman–Crippen LogP) is 5.19. The molecule has 1 saturated heterocycles. The molecular weight excluding hydrogens is 516 g/mol. The van der Waals surface area contributed by atoms with Crippen LogP contribution in [0.15, 0.2) is 97.1 Å². The third kappa shape index (κ3) is 3.96. The second-order valence-corrected chi connectivity index (χ2v) is 10.8. The molecular formula is C34H26N2O5. The standard InChI is InChI=1S/C34H26N2O5/c1-19-7-6-8-21(17-19)35-27(37)18-41-34(40)20-13-15-22(16-14-20)36-32(38)30-28-23-9-2-3-10-24(23)29(31(30)33(36)39)26-12-5-4-11-25(26)28/h2-17,28-31H,18H2,1H3,(H,35,37)/t28?,29?,30-,31-/m1/s1. The summed E-state index contributed by atoms with van der Waals surface area (Å²) in [6, 6.07) is 29.7. The first-order valence-corrected chi connectivity index (χ1v) is 13.6. The maximum atomic E-state index is 13.9. The van der Waals surface area contributed by atoms with Gasteiger partial charge in [-0.3, -0.25) is 14.4 Å². The summed E-state index contributed by atoms with van der Waals surface area (Å²) in [7, 11) is 0. The molecule has 0 radical (unpaired) electrons. The summed E-state index contributed by atoms with van der Waals surface area (Å²) in [4.78, 5) is 53.9. The van der Waals surface area contributed by atoms with Crippen LogP contribution in [-0.4, -0.2) is 30.3 Å². The molecule has 1 aliphatic heterocycles. The molecule has 7 nitrogen and oxygen atoms in total. The van der Waals surface area contributed by atoms with Gasteiger partial charge in [0.15, 0.2) is 6.61 Å². The number of nitrogens with one attached hydrogen (secondary N) is 1. The number of anilines is 2. The highest BCUT2D eigenvalue weighted by molar-refractivity contribution is 6.23. The number of hydrogen-bond acceptors (Lipinski definition) is 5. The molecule has 4 aromatic rings. The number of nitrogens with zero attached hydrogens (tertiary/aromatic N) is 1. The lowest BCUT2D eigenvalue weighted by Crippen LogP contribution is -2.41. The number of esters is 1. The third-order valence-corrected chi connectivity index (χ3v) is 8.45. The number of imide groups is 1. The minimum Gasteiger partial charge on any atom is -0.452 e. The average Bonchev–Trinajstić information content (AvgIpc) is 3.26. The highest BCUT2D eigenvalue weighted by atomic mass is 16.5. The van der Waals surface area contributed by atoms with E-state index in [1.807, 2.05) is 49.4 Å². The van der Waals surface area contributed by atoms with Crippen LogP contribution in [0.3, 0.4) is 0 Å². The molecule has 3 amide bonds. The van der Waals surface area contributed by atoms with Crippen molar-refractivity contribution in [1.29, 1.82) is 0 Å². The molecule has 2 bridgehead atoms. The van der Waals surface area contributed by atoms with Gasteiger partial charge < -0.3 is 10.1 Å². The van der Waals surface area contributed by atoms with Crippen LogP contribution in [-0.2, 0) is 19.1 Å². The van der Waals surface area contributed by atoms with Gasteiger partial charge in [0, 0.05) is 17.5 Å². The van der Waals surface area contributed by atoms with Gasteiger partial charge in [-0.15, -0.1) is 0 Å². The van der Waals surface area contributed by atoms with Gasteiger partial charge in [-0.1, -0.05) is 60.7 Å². The van der Waals surface area contributed by atoms with E-state index in [0.717, 1.165) is 27.8 Å². The molecule has 1 heterocycles. The fraction of sp³-hybridized carbons (Fsp3) is 0.176. The maximum absolute atomic E-state index is 13.9. The number of carbonyl (C=O) groups excluding carboxylic acids is 4. The van der Waals surface area contributed by atoms with Gasteiger partial charge in [-0.25, -0.2) is 9.69 Å². The molecule has 4 aromatic carbocycles. The molecule has 41 heavy (non-hydrogen) atoms. The molecule has 0 unspecified atom stereocenters. The Hall–Kier alpha value is -5.04. The van der Waals surface area contributed by atoms with E-state index in [9.17, 15) is 19.2 Å². The van der Waals surface area contributed by atoms with Crippen molar-refractivity contribution in [2.75, 3.05) is 16.8 Å². The summed E-state index contributed by atoms with van der Waals surface area (Å²) in [5.74, 6) is -2.88. The van der Waals surface area contributed by atoms with Crippen molar-refractivity contribution in [1.82, 2.24) is 0 Å². The van der Waals surface area contributed by atoms with Crippen LogP contribution in [0, 0.1) is 18.8 Å². The summed E-state index contributed by atoms with van der Waals surface area (Å²) < 4.78 is 5.19. The van der Waals surface area contributed by atoms with Crippen molar-refractivity contribution in [2.24, 2.45) is 11.8 Å². The molecule has 0 aromatic heterocycles. The summed E-state index contributed by atoms with van der Waals surface area (Å²) in [6.45, 7) is 1.48. The number of carbonyl (C=O) groups is 4. The van der Waals surface area contributed by atoms with Crippen LogP contribution in [0.2, 0.25) is 0 Å². The molecule has 0 saturated carbocycles. The second kappa shape index (κ2) is 9.55. The van der Waals surface area contributed by atoms with Crippen molar-refractivity contribution in [3.05, 3.63) is 130 Å². The second-order valence-electron chi connectivity index (χ2n) is 10.8. The van der Waals surface area contributed by atoms with Gasteiger partial charge in [0.05, 0.1) is 23.1 Å². The number of hydrogen-bond donors (Lipinski definition) is 1.